The molecule has 1 aliphatic carbocycles. The maximum Gasteiger partial charge on any atom is 0.256 e. The molecule has 9 heteroatoms. The number of rotatable bonds is 8. The Hall–Kier alpha value is -5.70. The molecule has 236 valence electrons. The molecule has 0 aliphatic heterocycles. The van der Waals surface area contributed by atoms with Gasteiger partial charge in [-0.15, -0.1) is 0 Å². The van der Waals surface area contributed by atoms with Gasteiger partial charge in [-0.05, 0) is 96.1 Å². The summed E-state index contributed by atoms with van der Waals surface area (Å²) in [5, 5.41) is 3.95. The highest BCUT2D eigenvalue weighted by Gasteiger charge is 2.26. The van der Waals surface area contributed by atoms with Gasteiger partial charge >= 0.3 is 0 Å². The maximum absolute atomic E-state index is 14.2. The highest BCUT2D eigenvalue weighted by molar-refractivity contribution is 6.14. The first-order valence-corrected chi connectivity index (χ1v) is 15.4. The van der Waals surface area contributed by atoms with Crippen molar-refractivity contribution < 1.29 is 23.4 Å². The van der Waals surface area contributed by atoms with Gasteiger partial charge in [0.1, 0.15) is 11.6 Å². The van der Waals surface area contributed by atoms with Gasteiger partial charge < -0.3 is 24.5 Å². The van der Waals surface area contributed by atoms with E-state index in [1.807, 2.05) is 54.6 Å². The Balaban J connectivity index is 1.24. The van der Waals surface area contributed by atoms with Crippen molar-refractivity contribution in [3.8, 4) is 17.2 Å². The number of carbonyl (C=O) groups is 1. The van der Waals surface area contributed by atoms with E-state index in [1.54, 1.807) is 33.5 Å². The van der Waals surface area contributed by atoms with Gasteiger partial charge in [-0.2, -0.15) is 0 Å². The second-order valence-corrected chi connectivity index (χ2v) is 11.5. The predicted molar refractivity (Wildman–Crippen MR) is 182 cm³/mol. The Kier molecular flexibility index (Phi) is 8.03. The van der Waals surface area contributed by atoms with Crippen LogP contribution >= 0.6 is 0 Å². The quantitative estimate of drug-likeness (QED) is 0.177. The van der Waals surface area contributed by atoms with Gasteiger partial charge in [-0.25, -0.2) is 14.4 Å². The number of nitrogens with one attached hydrogen (secondary N) is 2. The van der Waals surface area contributed by atoms with Gasteiger partial charge in [0, 0.05) is 17.5 Å². The number of nitrogens with zero attached hydrogens (tertiary/aromatic N) is 2. The van der Waals surface area contributed by atoms with E-state index in [1.165, 1.54) is 12.1 Å². The number of benzene rings is 4. The van der Waals surface area contributed by atoms with Crippen molar-refractivity contribution in [3.05, 3.63) is 118 Å². The number of pyridine rings is 1. The summed E-state index contributed by atoms with van der Waals surface area (Å²) in [6.07, 6.45) is 5.04. The van der Waals surface area contributed by atoms with Crippen LogP contribution in [0.5, 0.6) is 17.2 Å². The molecule has 0 saturated carbocycles. The van der Waals surface area contributed by atoms with Gasteiger partial charge in [0.15, 0.2) is 11.5 Å². The fourth-order valence-corrected chi connectivity index (χ4v) is 6.33. The zero-order chi connectivity index (χ0) is 32.5. The number of aromatic amines is 1. The zero-order valence-electron chi connectivity index (χ0n) is 26.3. The lowest BCUT2D eigenvalue weighted by molar-refractivity contribution is 0.102. The van der Waals surface area contributed by atoms with E-state index >= 15 is 0 Å². The monoisotopic (exact) mass is 628 g/mol. The van der Waals surface area contributed by atoms with Gasteiger partial charge in [0.2, 0.25) is 5.75 Å². The third kappa shape index (κ3) is 5.88. The molecule has 0 radical (unpaired) electrons. The second-order valence-electron chi connectivity index (χ2n) is 11.5. The van der Waals surface area contributed by atoms with Crippen LogP contribution in [-0.2, 0) is 12.8 Å². The normalized spacial score (nSPS) is 13.5. The number of hydrogen-bond acceptors (Lipinski definition) is 6. The molecule has 0 spiro atoms. The summed E-state index contributed by atoms with van der Waals surface area (Å²) in [5.41, 5.74) is 8.24. The topological polar surface area (TPSA) is 98.4 Å². The smallest absolute Gasteiger partial charge is 0.256 e. The van der Waals surface area contributed by atoms with Crippen molar-refractivity contribution in [1.29, 1.82) is 0 Å². The molecule has 1 aliphatic rings. The summed E-state index contributed by atoms with van der Waals surface area (Å²) in [6.45, 7) is 0. The minimum atomic E-state index is -0.271. The van der Waals surface area contributed by atoms with Crippen LogP contribution in [0.1, 0.15) is 51.4 Å². The van der Waals surface area contributed by atoms with Crippen LogP contribution in [0.15, 0.2) is 78.9 Å². The largest absolute Gasteiger partial charge is 0.493 e. The summed E-state index contributed by atoms with van der Waals surface area (Å²) in [4.78, 5) is 27.3. The fourth-order valence-electron chi connectivity index (χ4n) is 6.33. The van der Waals surface area contributed by atoms with Crippen LogP contribution < -0.4 is 19.5 Å². The standard InChI is InChI=1S/C38H33FN4O4/c1-45-32-18-23(19-33(46-2)37(32)47-3)17-24-7-6-9-28-35(27-8-4-5-10-29(27)43-36(24)28)38(44)40-26-15-16-30-31(21-26)42-34(41-30)20-22-11-13-25(39)14-12-22/h4-5,8,10-19,21H,6-7,9,20H2,1-3H3,(H,40,44)(H,41,42)/b24-17-. The number of hydrogen-bond donors (Lipinski definition) is 2. The summed E-state index contributed by atoms with van der Waals surface area (Å²) >= 11 is 0. The van der Waals surface area contributed by atoms with Crippen LogP contribution in [0.3, 0.4) is 0 Å². The summed E-state index contributed by atoms with van der Waals surface area (Å²) in [7, 11) is 4.78. The molecule has 47 heavy (non-hydrogen) atoms. The first kappa shape index (κ1) is 30.0. The number of methoxy groups -OCH3 is 3. The van der Waals surface area contributed by atoms with Crippen LogP contribution in [0, 0.1) is 5.82 Å². The molecule has 0 unspecified atom stereocenters. The number of para-hydroxylation sites is 1. The summed E-state index contributed by atoms with van der Waals surface area (Å²) in [5.74, 6) is 1.96. The van der Waals surface area contributed by atoms with E-state index in [0.29, 0.717) is 34.9 Å². The van der Waals surface area contributed by atoms with Crippen LogP contribution in [-0.4, -0.2) is 42.2 Å². The zero-order valence-corrected chi connectivity index (χ0v) is 26.3. The molecule has 0 atom stereocenters. The minimum absolute atomic E-state index is 0.195. The molecule has 2 aromatic heterocycles. The third-order valence-corrected chi connectivity index (χ3v) is 8.50. The first-order valence-electron chi connectivity index (χ1n) is 15.4. The summed E-state index contributed by atoms with van der Waals surface area (Å²) in [6, 6.07) is 23.6. The number of anilines is 1. The van der Waals surface area contributed by atoms with Crippen molar-refractivity contribution >= 4 is 45.2 Å². The molecular weight excluding hydrogens is 595 g/mol. The number of allylic oxidation sites excluding steroid dienone is 1. The molecule has 0 bridgehead atoms. The Morgan fingerprint density at radius 1 is 0.894 bits per heavy atom. The second kappa shape index (κ2) is 12.6. The van der Waals surface area contributed by atoms with Crippen molar-refractivity contribution in [1.82, 2.24) is 15.0 Å². The lowest BCUT2D eigenvalue weighted by atomic mass is 9.85. The number of ether oxygens (including phenoxy) is 3. The van der Waals surface area contributed by atoms with Gasteiger partial charge in [0.05, 0.1) is 49.1 Å². The van der Waals surface area contributed by atoms with Crippen LogP contribution in [0.25, 0.3) is 33.6 Å². The number of imidazole rings is 1. The highest BCUT2D eigenvalue weighted by Crippen LogP contribution is 2.41. The lowest BCUT2D eigenvalue weighted by Crippen LogP contribution is -2.19. The van der Waals surface area contributed by atoms with Crippen LogP contribution in [0.4, 0.5) is 10.1 Å². The van der Waals surface area contributed by atoms with E-state index in [4.69, 9.17) is 19.2 Å². The molecule has 7 rings (SSSR count). The lowest BCUT2D eigenvalue weighted by Gasteiger charge is -2.23. The molecule has 4 aromatic carbocycles. The molecule has 1 amide bonds. The van der Waals surface area contributed by atoms with E-state index in [0.717, 1.165) is 75.0 Å². The Morgan fingerprint density at radius 3 is 2.40 bits per heavy atom. The molecule has 2 heterocycles. The number of amides is 1. The van der Waals surface area contributed by atoms with Gasteiger partial charge in [-0.3, -0.25) is 4.79 Å². The predicted octanol–water partition coefficient (Wildman–Crippen LogP) is 8.00. The van der Waals surface area contributed by atoms with E-state index in [-0.39, 0.29) is 11.7 Å². The number of H-pyrrole nitrogens is 1. The Morgan fingerprint density at radius 2 is 1.66 bits per heavy atom. The molecule has 8 nitrogen and oxygen atoms in total. The SMILES string of the molecule is COc1cc(/C=C2/CCCc3c2nc2ccccc2c3C(=O)Nc2ccc3nc(Cc4ccc(F)cc4)[nH]c3c2)cc(OC)c1OC. The van der Waals surface area contributed by atoms with Crippen molar-refractivity contribution in [2.75, 3.05) is 26.6 Å². The van der Waals surface area contributed by atoms with Crippen molar-refractivity contribution in [2.24, 2.45) is 0 Å². The Bertz CT molecular complexity index is 2150. The summed E-state index contributed by atoms with van der Waals surface area (Å²) < 4.78 is 30.0. The molecule has 2 N–H and O–H groups in total. The Labute approximate surface area is 271 Å². The number of carbonyl (C=O) groups excluding carboxylic acids is 1. The minimum Gasteiger partial charge on any atom is -0.493 e. The van der Waals surface area contributed by atoms with Gasteiger partial charge in [-0.1, -0.05) is 30.3 Å². The fraction of sp³-hybridized carbons (Fsp3) is 0.184. The first-order chi connectivity index (χ1) is 22.9. The van der Waals surface area contributed by atoms with E-state index in [9.17, 15) is 9.18 Å². The average Bonchev–Trinajstić information content (AvgIpc) is 3.49. The molecule has 0 fully saturated rings. The average molecular weight is 629 g/mol. The molecule has 6 aromatic rings. The third-order valence-electron chi connectivity index (χ3n) is 8.50. The van der Waals surface area contributed by atoms with E-state index < -0.39 is 0 Å². The number of fused-ring (bicyclic) bond motifs is 3. The molecule has 0 saturated heterocycles. The molecular formula is C38H33FN4O4. The number of halogens is 1. The van der Waals surface area contributed by atoms with Crippen molar-refractivity contribution in [2.45, 2.75) is 25.7 Å². The van der Waals surface area contributed by atoms with Crippen LogP contribution in [0.2, 0.25) is 0 Å². The highest BCUT2D eigenvalue weighted by atomic mass is 19.1. The van der Waals surface area contributed by atoms with E-state index in [2.05, 4.69) is 21.4 Å². The van der Waals surface area contributed by atoms with Crippen molar-refractivity contribution in [3.63, 3.8) is 0 Å². The van der Waals surface area contributed by atoms with Gasteiger partial charge in [0.25, 0.3) is 5.91 Å². The number of aromatic nitrogens is 3. The maximum atomic E-state index is 14.2.